The number of Topliss-reactive ketones (excluding diaryl/α,β-unsaturated/α-hetero) is 1. The summed E-state index contributed by atoms with van der Waals surface area (Å²) in [6.45, 7) is 5.88. The van der Waals surface area contributed by atoms with Gasteiger partial charge in [0.05, 0.1) is 23.9 Å². The van der Waals surface area contributed by atoms with Crippen LogP contribution in [0.3, 0.4) is 0 Å². The number of carbonyl (C=O) groups excluding carboxylic acids is 2. The van der Waals surface area contributed by atoms with Crippen LogP contribution < -0.4 is 15.2 Å². The zero-order valence-corrected chi connectivity index (χ0v) is 20.0. The van der Waals surface area contributed by atoms with Crippen molar-refractivity contribution in [3.63, 3.8) is 0 Å². The number of thiophene rings is 1. The third kappa shape index (κ3) is 4.17. The number of hydrogen-bond donors (Lipinski definition) is 0. The highest BCUT2D eigenvalue weighted by atomic mass is 32.1. The minimum absolute atomic E-state index is 0.0562. The van der Waals surface area contributed by atoms with Crippen molar-refractivity contribution in [1.29, 1.82) is 0 Å². The smallest absolute Gasteiger partial charge is 0.265 e. The molecule has 176 valence electrons. The van der Waals surface area contributed by atoms with E-state index in [4.69, 9.17) is 4.74 Å². The molecule has 0 aliphatic carbocycles. The summed E-state index contributed by atoms with van der Waals surface area (Å²) in [6, 6.07) is 13.1. The maximum absolute atomic E-state index is 13.4. The standard InChI is InChI=1S/C27H23N3O4S/c1-3-11-30-21-12-19(9-10-23(21)34-14-24(30)32)22(31)13-29-16-28-26-25(27(29)33)20(15-35-26)18-7-5-17(4-2)6-8-18/h3,5-10,12,15-16H,1,4,11,13-14H2,2H3. The van der Waals surface area contributed by atoms with Gasteiger partial charge in [0.2, 0.25) is 0 Å². The van der Waals surface area contributed by atoms with Crippen molar-refractivity contribution >= 4 is 38.9 Å². The Balaban J connectivity index is 1.48. The monoisotopic (exact) mass is 485 g/mol. The molecule has 0 saturated heterocycles. The number of aromatic nitrogens is 2. The van der Waals surface area contributed by atoms with Crippen LogP contribution in [0, 0.1) is 0 Å². The number of amides is 1. The lowest BCUT2D eigenvalue weighted by Crippen LogP contribution is -2.39. The van der Waals surface area contributed by atoms with Gasteiger partial charge in [0.1, 0.15) is 10.6 Å². The topological polar surface area (TPSA) is 81.5 Å². The Bertz CT molecular complexity index is 1520. The molecule has 1 amide bonds. The number of aryl methyl sites for hydroxylation is 1. The van der Waals surface area contributed by atoms with Gasteiger partial charge in [-0.1, -0.05) is 37.3 Å². The lowest BCUT2D eigenvalue weighted by Gasteiger charge is -2.28. The first kappa shape index (κ1) is 22.7. The second kappa shape index (κ2) is 9.31. The Labute approximate surface area is 205 Å². The molecule has 0 unspecified atom stereocenters. The third-order valence-electron chi connectivity index (χ3n) is 6.08. The Kier molecular flexibility index (Phi) is 6.05. The van der Waals surface area contributed by atoms with E-state index >= 15 is 0 Å². The van der Waals surface area contributed by atoms with Crippen LogP contribution in [0.25, 0.3) is 21.3 Å². The van der Waals surface area contributed by atoms with Gasteiger partial charge < -0.3 is 9.64 Å². The van der Waals surface area contributed by atoms with Crippen molar-refractivity contribution in [2.24, 2.45) is 0 Å². The second-order valence-electron chi connectivity index (χ2n) is 8.25. The first-order valence-corrected chi connectivity index (χ1v) is 12.2. The summed E-state index contributed by atoms with van der Waals surface area (Å²) in [4.78, 5) is 45.4. The summed E-state index contributed by atoms with van der Waals surface area (Å²) in [5.74, 6) is 0.0572. The molecular formula is C27H23N3O4S. The van der Waals surface area contributed by atoms with E-state index in [2.05, 4.69) is 30.6 Å². The molecule has 3 heterocycles. The van der Waals surface area contributed by atoms with E-state index in [1.54, 1.807) is 24.3 Å². The summed E-state index contributed by atoms with van der Waals surface area (Å²) in [5, 5.41) is 2.44. The van der Waals surface area contributed by atoms with Crippen LogP contribution in [0.4, 0.5) is 5.69 Å². The Hall–Kier alpha value is -4.04. The minimum Gasteiger partial charge on any atom is -0.482 e. The first-order valence-electron chi connectivity index (χ1n) is 11.3. The normalized spacial score (nSPS) is 12.9. The molecule has 5 rings (SSSR count). The summed E-state index contributed by atoms with van der Waals surface area (Å²) in [6.07, 6.45) is 3.98. The Morgan fingerprint density at radius 3 is 2.74 bits per heavy atom. The highest BCUT2D eigenvalue weighted by molar-refractivity contribution is 7.17. The number of fused-ring (bicyclic) bond motifs is 2. The average Bonchev–Trinajstić information content (AvgIpc) is 3.32. The maximum Gasteiger partial charge on any atom is 0.265 e. The number of carbonyl (C=O) groups is 2. The Morgan fingerprint density at radius 1 is 1.20 bits per heavy atom. The summed E-state index contributed by atoms with van der Waals surface area (Å²) in [7, 11) is 0. The van der Waals surface area contributed by atoms with Gasteiger partial charge in [0.25, 0.3) is 11.5 Å². The van der Waals surface area contributed by atoms with Gasteiger partial charge in [-0.25, -0.2) is 4.98 Å². The fourth-order valence-electron chi connectivity index (χ4n) is 4.16. The van der Waals surface area contributed by atoms with Crippen LogP contribution in [-0.2, 0) is 17.8 Å². The molecule has 0 bridgehead atoms. The van der Waals surface area contributed by atoms with Crippen LogP contribution in [0.15, 0.2) is 71.6 Å². The largest absolute Gasteiger partial charge is 0.482 e. The van der Waals surface area contributed by atoms with Gasteiger partial charge in [-0.2, -0.15) is 0 Å². The SMILES string of the molecule is C=CCN1C(=O)COc2ccc(C(=O)Cn3cnc4scc(-c5ccc(CC)cc5)c4c3=O)cc21. The maximum atomic E-state index is 13.4. The first-order chi connectivity index (χ1) is 17.0. The van der Waals surface area contributed by atoms with Gasteiger partial charge in [0, 0.05) is 23.1 Å². The van der Waals surface area contributed by atoms with Crippen molar-refractivity contribution in [1.82, 2.24) is 9.55 Å². The fraction of sp³-hybridized carbons (Fsp3) is 0.185. The van der Waals surface area contributed by atoms with E-state index < -0.39 is 0 Å². The van der Waals surface area contributed by atoms with Gasteiger partial charge in [-0.05, 0) is 35.7 Å². The second-order valence-corrected chi connectivity index (χ2v) is 9.10. The van der Waals surface area contributed by atoms with Gasteiger partial charge in [-0.3, -0.25) is 19.0 Å². The van der Waals surface area contributed by atoms with E-state index in [0.717, 1.165) is 17.5 Å². The molecule has 0 fully saturated rings. The number of ketones is 1. The molecule has 2 aromatic heterocycles. The average molecular weight is 486 g/mol. The fourth-order valence-corrected chi connectivity index (χ4v) is 5.07. The number of nitrogens with zero attached hydrogens (tertiary/aromatic N) is 3. The Morgan fingerprint density at radius 2 is 2.00 bits per heavy atom. The zero-order chi connectivity index (χ0) is 24.5. The summed E-state index contributed by atoms with van der Waals surface area (Å²) in [5.41, 5.74) is 3.61. The molecule has 1 aliphatic rings. The third-order valence-corrected chi connectivity index (χ3v) is 6.97. The van der Waals surface area contributed by atoms with E-state index in [1.807, 2.05) is 17.5 Å². The minimum atomic E-state index is -0.267. The van der Waals surface area contributed by atoms with Crippen molar-refractivity contribution in [2.75, 3.05) is 18.1 Å². The predicted octanol–water partition coefficient (Wildman–Crippen LogP) is 4.48. The van der Waals surface area contributed by atoms with Crippen molar-refractivity contribution in [3.8, 4) is 16.9 Å². The number of anilines is 1. The van der Waals surface area contributed by atoms with Crippen molar-refractivity contribution < 1.29 is 14.3 Å². The van der Waals surface area contributed by atoms with Crippen LogP contribution in [0.1, 0.15) is 22.8 Å². The van der Waals surface area contributed by atoms with Gasteiger partial charge >= 0.3 is 0 Å². The molecule has 7 nitrogen and oxygen atoms in total. The van der Waals surface area contributed by atoms with Gasteiger partial charge in [0.15, 0.2) is 12.4 Å². The van der Waals surface area contributed by atoms with Gasteiger partial charge in [-0.15, -0.1) is 17.9 Å². The van der Waals surface area contributed by atoms with Crippen molar-refractivity contribution in [3.05, 3.63) is 88.3 Å². The molecule has 0 radical (unpaired) electrons. The van der Waals surface area contributed by atoms with E-state index in [1.165, 1.54) is 32.7 Å². The number of benzene rings is 2. The molecule has 1 aliphatic heterocycles. The molecule has 8 heteroatoms. The summed E-state index contributed by atoms with van der Waals surface area (Å²) < 4.78 is 6.83. The highest BCUT2D eigenvalue weighted by Crippen LogP contribution is 2.33. The molecule has 0 saturated carbocycles. The van der Waals surface area contributed by atoms with Crippen molar-refractivity contribution in [2.45, 2.75) is 19.9 Å². The number of rotatable bonds is 7. The van der Waals surface area contributed by atoms with E-state index in [0.29, 0.717) is 33.8 Å². The van der Waals surface area contributed by atoms with E-state index in [9.17, 15) is 14.4 Å². The molecular weight excluding hydrogens is 462 g/mol. The van der Waals surface area contributed by atoms with Crippen LogP contribution in [-0.4, -0.2) is 34.4 Å². The predicted molar refractivity (Wildman–Crippen MR) is 138 cm³/mol. The quantitative estimate of drug-likeness (QED) is 0.285. The molecule has 4 aromatic rings. The molecule has 2 aromatic carbocycles. The highest BCUT2D eigenvalue weighted by Gasteiger charge is 2.26. The lowest BCUT2D eigenvalue weighted by molar-refractivity contribution is -0.121. The molecule has 0 atom stereocenters. The van der Waals surface area contributed by atoms with Crippen LogP contribution >= 0.6 is 11.3 Å². The van der Waals surface area contributed by atoms with E-state index in [-0.39, 0.29) is 30.4 Å². The lowest BCUT2D eigenvalue weighted by atomic mass is 10.0. The number of ether oxygens (including phenoxy) is 1. The number of hydrogen-bond acceptors (Lipinski definition) is 6. The molecule has 35 heavy (non-hydrogen) atoms. The summed E-state index contributed by atoms with van der Waals surface area (Å²) >= 11 is 1.41. The zero-order valence-electron chi connectivity index (χ0n) is 19.2. The molecule has 0 spiro atoms. The van der Waals surface area contributed by atoms with Crippen LogP contribution in [0.5, 0.6) is 5.75 Å². The molecule has 0 N–H and O–H groups in total. The van der Waals surface area contributed by atoms with Crippen LogP contribution in [0.2, 0.25) is 0 Å².